The van der Waals surface area contributed by atoms with Crippen molar-refractivity contribution in [3.05, 3.63) is 137 Å². The summed E-state index contributed by atoms with van der Waals surface area (Å²) >= 11 is 0. The quantitative estimate of drug-likeness (QED) is 0.156. The minimum atomic E-state index is -0.480. The SMILES string of the molecule is CCOC(=O)C(Cc1ccccc1)c1ccc(-c2ccc(-c3onc(C)c3CCCC(O)c3ccccc3)cc2)cc1. The minimum Gasteiger partial charge on any atom is -0.466 e. The Balaban J connectivity index is 1.27. The number of aliphatic hydroxyl groups is 1. The van der Waals surface area contributed by atoms with E-state index in [1.165, 1.54) is 0 Å². The van der Waals surface area contributed by atoms with E-state index in [1.54, 1.807) is 0 Å². The maximum Gasteiger partial charge on any atom is 0.313 e. The van der Waals surface area contributed by atoms with Crippen molar-refractivity contribution in [1.82, 2.24) is 5.16 Å². The summed E-state index contributed by atoms with van der Waals surface area (Å²) in [5.74, 6) is 0.221. The molecule has 0 radical (unpaired) electrons. The summed E-state index contributed by atoms with van der Waals surface area (Å²) in [5, 5.41) is 14.8. The molecule has 1 aromatic heterocycles. The van der Waals surface area contributed by atoms with Gasteiger partial charge in [-0.15, -0.1) is 0 Å². The lowest BCUT2D eigenvalue weighted by Crippen LogP contribution is -2.18. The van der Waals surface area contributed by atoms with Crippen LogP contribution in [0.5, 0.6) is 0 Å². The van der Waals surface area contributed by atoms with Crippen LogP contribution in [0.1, 0.15) is 59.7 Å². The molecule has 5 rings (SSSR count). The van der Waals surface area contributed by atoms with Crippen molar-refractivity contribution in [3.8, 4) is 22.5 Å². The van der Waals surface area contributed by atoms with E-state index in [0.29, 0.717) is 19.4 Å². The smallest absolute Gasteiger partial charge is 0.313 e. The van der Waals surface area contributed by atoms with Gasteiger partial charge in [0.2, 0.25) is 0 Å². The summed E-state index contributed by atoms with van der Waals surface area (Å²) in [7, 11) is 0. The lowest BCUT2D eigenvalue weighted by Gasteiger charge is -2.17. The van der Waals surface area contributed by atoms with Crippen LogP contribution in [-0.2, 0) is 22.4 Å². The van der Waals surface area contributed by atoms with Crippen LogP contribution in [0.4, 0.5) is 0 Å². The first-order chi connectivity index (χ1) is 20.5. The molecule has 0 saturated heterocycles. The number of esters is 1. The van der Waals surface area contributed by atoms with Crippen molar-refractivity contribution in [2.24, 2.45) is 0 Å². The van der Waals surface area contributed by atoms with Crippen LogP contribution in [-0.4, -0.2) is 22.8 Å². The Morgan fingerprint density at radius 3 is 2.05 bits per heavy atom. The van der Waals surface area contributed by atoms with Gasteiger partial charge in [-0.1, -0.05) is 114 Å². The molecule has 0 fully saturated rings. The molecular weight excluding hydrogens is 522 g/mol. The predicted octanol–water partition coefficient (Wildman–Crippen LogP) is 8.26. The molecule has 2 unspecified atom stereocenters. The number of hydrogen-bond donors (Lipinski definition) is 1. The Morgan fingerprint density at radius 1 is 0.810 bits per heavy atom. The molecule has 2 atom stereocenters. The van der Waals surface area contributed by atoms with E-state index in [0.717, 1.165) is 63.2 Å². The maximum absolute atomic E-state index is 12.8. The Labute approximate surface area is 247 Å². The van der Waals surface area contributed by atoms with Gasteiger partial charge in [-0.05, 0) is 67.3 Å². The Morgan fingerprint density at radius 2 is 1.40 bits per heavy atom. The fourth-order valence-corrected chi connectivity index (χ4v) is 5.38. The number of aryl methyl sites for hydroxylation is 1. The third-order valence-corrected chi connectivity index (χ3v) is 7.72. The third-order valence-electron chi connectivity index (χ3n) is 7.72. The summed E-state index contributed by atoms with van der Waals surface area (Å²) in [6.45, 7) is 4.16. The highest BCUT2D eigenvalue weighted by Gasteiger charge is 2.23. The number of aliphatic hydroxyl groups excluding tert-OH is 1. The van der Waals surface area contributed by atoms with E-state index in [1.807, 2.05) is 86.6 Å². The summed E-state index contributed by atoms with van der Waals surface area (Å²) in [5.41, 5.74) is 8.06. The molecule has 0 saturated carbocycles. The average Bonchev–Trinajstić information content (AvgIpc) is 3.40. The molecular formula is C37H37NO4. The molecule has 214 valence electrons. The van der Waals surface area contributed by atoms with Gasteiger partial charge in [0.15, 0.2) is 5.76 Å². The molecule has 5 aromatic rings. The van der Waals surface area contributed by atoms with Gasteiger partial charge in [-0.25, -0.2) is 0 Å². The zero-order valence-electron chi connectivity index (χ0n) is 24.2. The topological polar surface area (TPSA) is 72.6 Å². The van der Waals surface area contributed by atoms with Gasteiger partial charge in [-0.2, -0.15) is 0 Å². The average molecular weight is 560 g/mol. The Kier molecular flexibility index (Phi) is 9.62. The van der Waals surface area contributed by atoms with Gasteiger partial charge in [0, 0.05) is 11.1 Å². The highest BCUT2D eigenvalue weighted by Crippen LogP contribution is 2.32. The number of ether oxygens (including phenoxy) is 1. The standard InChI is InChI=1S/C37H37NO4/c1-3-41-37(40)34(25-27-11-6-4-7-12-27)30-21-17-28(18-22-30)29-19-23-32(24-20-29)36-33(26(2)38-42-36)15-10-16-35(39)31-13-8-5-9-14-31/h4-9,11-14,17-24,34-35,39H,3,10,15-16,25H2,1-2H3. The van der Waals surface area contributed by atoms with Crippen LogP contribution in [0.25, 0.3) is 22.5 Å². The van der Waals surface area contributed by atoms with E-state index in [9.17, 15) is 9.90 Å². The van der Waals surface area contributed by atoms with Crippen LogP contribution in [0.15, 0.2) is 114 Å². The molecule has 0 bridgehead atoms. The molecule has 5 nitrogen and oxygen atoms in total. The second-order valence-corrected chi connectivity index (χ2v) is 10.6. The zero-order valence-corrected chi connectivity index (χ0v) is 24.2. The number of nitrogens with zero attached hydrogens (tertiary/aromatic N) is 1. The van der Waals surface area contributed by atoms with Gasteiger partial charge in [0.25, 0.3) is 0 Å². The van der Waals surface area contributed by atoms with E-state index >= 15 is 0 Å². The van der Waals surface area contributed by atoms with Crippen molar-refractivity contribution in [3.63, 3.8) is 0 Å². The van der Waals surface area contributed by atoms with Gasteiger partial charge in [0.1, 0.15) is 0 Å². The van der Waals surface area contributed by atoms with Crippen LogP contribution in [0.2, 0.25) is 0 Å². The number of hydrogen-bond acceptors (Lipinski definition) is 5. The number of benzene rings is 4. The first-order valence-corrected chi connectivity index (χ1v) is 14.6. The normalized spacial score (nSPS) is 12.5. The van der Waals surface area contributed by atoms with E-state index in [2.05, 4.69) is 41.6 Å². The van der Waals surface area contributed by atoms with Crippen molar-refractivity contribution in [2.75, 3.05) is 6.61 Å². The van der Waals surface area contributed by atoms with Crippen molar-refractivity contribution < 1.29 is 19.2 Å². The maximum atomic E-state index is 12.8. The van der Waals surface area contributed by atoms with Gasteiger partial charge < -0.3 is 14.4 Å². The predicted molar refractivity (Wildman–Crippen MR) is 166 cm³/mol. The molecule has 42 heavy (non-hydrogen) atoms. The Hall–Kier alpha value is -4.48. The van der Waals surface area contributed by atoms with Gasteiger partial charge >= 0.3 is 5.97 Å². The van der Waals surface area contributed by atoms with E-state index < -0.39 is 6.10 Å². The van der Waals surface area contributed by atoms with E-state index in [4.69, 9.17) is 9.26 Å². The van der Waals surface area contributed by atoms with Crippen LogP contribution in [0.3, 0.4) is 0 Å². The minimum absolute atomic E-state index is 0.203. The highest BCUT2D eigenvalue weighted by atomic mass is 16.5. The molecule has 4 aromatic carbocycles. The van der Waals surface area contributed by atoms with Gasteiger partial charge in [0.05, 0.1) is 24.3 Å². The number of carbonyl (C=O) groups excluding carboxylic acids is 1. The first-order valence-electron chi connectivity index (χ1n) is 14.6. The molecule has 0 aliphatic rings. The molecule has 5 heteroatoms. The summed E-state index contributed by atoms with van der Waals surface area (Å²) < 4.78 is 11.1. The van der Waals surface area contributed by atoms with Crippen LogP contribution in [0, 0.1) is 6.92 Å². The fourth-order valence-electron chi connectivity index (χ4n) is 5.38. The van der Waals surface area contributed by atoms with Crippen molar-refractivity contribution in [2.45, 2.75) is 51.6 Å². The van der Waals surface area contributed by atoms with Gasteiger partial charge in [-0.3, -0.25) is 4.79 Å². The monoisotopic (exact) mass is 559 g/mol. The van der Waals surface area contributed by atoms with Crippen LogP contribution >= 0.6 is 0 Å². The highest BCUT2D eigenvalue weighted by molar-refractivity contribution is 5.79. The lowest BCUT2D eigenvalue weighted by atomic mass is 9.90. The molecule has 0 amide bonds. The second-order valence-electron chi connectivity index (χ2n) is 10.6. The van der Waals surface area contributed by atoms with E-state index in [-0.39, 0.29) is 11.9 Å². The third kappa shape index (κ3) is 7.04. The number of aromatic nitrogens is 1. The largest absolute Gasteiger partial charge is 0.466 e. The van der Waals surface area contributed by atoms with Crippen molar-refractivity contribution >= 4 is 5.97 Å². The molecule has 0 aliphatic carbocycles. The van der Waals surface area contributed by atoms with Crippen LogP contribution < -0.4 is 0 Å². The fraction of sp³-hybridized carbons (Fsp3) is 0.243. The number of carbonyl (C=O) groups is 1. The molecule has 1 heterocycles. The lowest BCUT2D eigenvalue weighted by molar-refractivity contribution is -0.144. The Bertz CT molecular complexity index is 1560. The first kappa shape index (κ1) is 29.0. The molecule has 0 aliphatic heterocycles. The zero-order chi connectivity index (χ0) is 29.3. The van der Waals surface area contributed by atoms with Crippen molar-refractivity contribution in [1.29, 1.82) is 0 Å². The number of rotatable bonds is 12. The molecule has 1 N–H and O–H groups in total. The second kappa shape index (κ2) is 13.9. The molecule has 0 spiro atoms. The summed E-state index contributed by atoms with van der Waals surface area (Å²) in [6, 6.07) is 36.3. The summed E-state index contributed by atoms with van der Waals surface area (Å²) in [4.78, 5) is 12.8. The summed E-state index contributed by atoms with van der Waals surface area (Å²) in [6.07, 6.45) is 2.39.